The molecule has 3 aromatic carbocycles. The second kappa shape index (κ2) is 9.87. The van der Waals surface area contributed by atoms with E-state index in [4.69, 9.17) is 13.9 Å². The van der Waals surface area contributed by atoms with Crippen LogP contribution in [0.5, 0.6) is 11.5 Å². The van der Waals surface area contributed by atoms with E-state index in [1.54, 1.807) is 30.8 Å². The van der Waals surface area contributed by atoms with Crippen LogP contribution in [0.1, 0.15) is 24.4 Å². The normalized spacial score (nSPS) is 11.7. The van der Waals surface area contributed by atoms with E-state index < -0.39 is 0 Å². The molecule has 6 nitrogen and oxygen atoms in total. The first-order valence-corrected chi connectivity index (χ1v) is 12.5. The number of carbonyl (C=O) groups is 1. The molecule has 1 N–H and O–H groups in total. The van der Waals surface area contributed by atoms with Gasteiger partial charge in [0.15, 0.2) is 0 Å². The molecule has 0 saturated carbocycles. The first-order chi connectivity index (χ1) is 17.4. The van der Waals surface area contributed by atoms with Gasteiger partial charge in [0.2, 0.25) is 5.91 Å². The predicted molar refractivity (Wildman–Crippen MR) is 146 cm³/mol. The van der Waals surface area contributed by atoms with E-state index in [0.717, 1.165) is 54.2 Å². The van der Waals surface area contributed by atoms with Crippen LogP contribution in [0.3, 0.4) is 0 Å². The Labute approximate surface area is 213 Å². The van der Waals surface area contributed by atoms with E-state index in [0.29, 0.717) is 18.0 Å². The highest BCUT2D eigenvalue weighted by atomic mass is 32.1. The van der Waals surface area contributed by atoms with E-state index in [9.17, 15) is 4.79 Å². The van der Waals surface area contributed by atoms with Crippen LogP contribution in [0.2, 0.25) is 0 Å². The lowest BCUT2D eigenvalue weighted by Gasteiger charge is -2.12. The van der Waals surface area contributed by atoms with Gasteiger partial charge in [0.1, 0.15) is 17.1 Å². The molecule has 36 heavy (non-hydrogen) atoms. The fraction of sp³-hybridized carbons (Fsp3) is 0.172. The number of furan rings is 1. The van der Waals surface area contributed by atoms with E-state index in [2.05, 4.69) is 10.3 Å². The van der Waals surface area contributed by atoms with Crippen molar-refractivity contribution in [3.8, 4) is 22.6 Å². The van der Waals surface area contributed by atoms with E-state index in [-0.39, 0.29) is 5.91 Å². The van der Waals surface area contributed by atoms with E-state index in [1.165, 1.54) is 0 Å². The number of amides is 1. The number of aromatic nitrogens is 1. The molecule has 7 heteroatoms. The van der Waals surface area contributed by atoms with Crippen LogP contribution in [0.25, 0.3) is 37.9 Å². The first-order valence-electron chi connectivity index (χ1n) is 11.6. The number of rotatable bonds is 7. The van der Waals surface area contributed by atoms with E-state index >= 15 is 0 Å². The predicted octanol–water partition coefficient (Wildman–Crippen LogP) is 7.47. The fourth-order valence-electron chi connectivity index (χ4n) is 4.21. The maximum absolute atomic E-state index is 12.9. The Morgan fingerprint density at radius 2 is 1.94 bits per heavy atom. The van der Waals surface area contributed by atoms with Crippen molar-refractivity contribution < 1.29 is 18.7 Å². The number of nitrogens with one attached hydrogen (secondary N) is 1. The third-order valence-corrected chi connectivity index (χ3v) is 6.86. The number of ether oxygens (including phenoxy) is 2. The smallest absolute Gasteiger partial charge is 0.248 e. The molecule has 0 aliphatic heterocycles. The molecule has 182 valence electrons. The van der Waals surface area contributed by atoms with Gasteiger partial charge in [0.05, 0.1) is 35.2 Å². The summed E-state index contributed by atoms with van der Waals surface area (Å²) < 4.78 is 18.1. The summed E-state index contributed by atoms with van der Waals surface area (Å²) in [6, 6.07) is 17.5. The summed E-state index contributed by atoms with van der Waals surface area (Å²) in [6.07, 6.45) is 3.33. The van der Waals surface area contributed by atoms with Gasteiger partial charge in [-0.2, -0.15) is 0 Å². The Balaban J connectivity index is 1.48. The topological polar surface area (TPSA) is 73.6 Å². The summed E-state index contributed by atoms with van der Waals surface area (Å²) in [5.41, 5.74) is 5.89. The summed E-state index contributed by atoms with van der Waals surface area (Å²) >= 11 is 1.63. The number of benzene rings is 3. The van der Waals surface area contributed by atoms with Crippen LogP contribution >= 0.6 is 11.3 Å². The first kappa shape index (κ1) is 23.6. The lowest BCUT2D eigenvalue weighted by Crippen LogP contribution is -2.08. The monoisotopic (exact) mass is 498 g/mol. The molecule has 0 fully saturated rings. The second-order valence-electron chi connectivity index (χ2n) is 8.39. The zero-order valence-electron chi connectivity index (χ0n) is 20.5. The largest absolute Gasteiger partial charge is 0.497 e. The third kappa shape index (κ3) is 4.70. The number of carbonyl (C=O) groups excluding carboxylic acids is 1. The number of thiazole rings is 1. The molecular formula is C29H26N2O4S. The Bertz CT molecular complexity index is 1600. The molecule has 0 aliphatic rings. The Kier molecular flexibility index (Phi) is 6.48. The lowest BCUT2D eigenvalue weighted by molar-refractivity contribution is -0.111. The zero-order valence-corrected chi connectivity index (χ0v) is 21.4. The minimum Gasteiger partial charge on any atom is -0.497 e. The van der Waals surface area contributed by atoms with Crippen molar-refractivity contribution in [3.05, 3.63) is 77.5 Å². The summed E-state index contributed by atoms with van der Waals surface area (Å²) in [4.78, 5) is 17.4. The molecule has 2 heterocycles. The maximum Gasteiger partial charge on any atom is 0.248 e. The van der Waals surface area contributed by atoms with Gasteiger partial charge < -0.3 is 19.2 Å². The van der Waals surface area contributed by atoms with Gasteiger partial charge in [0, 0.05) is 34.3 Å². The van der Waals surface area contributed by atoms with Crippen LogP contribution in [0.15, 0.2) is 71.4 Å². The number of methoxy groups -OCH3 is 1. The molecule has 2 aromatic heterocycles. The third-order valence-electron chi connectivity index (χ3n) is 5.91. The van der Waals surface area contributed by atoms with Gasteiger partial charge in [0.25, 0.3) is 0 Å². The Morgan fingerprint density at radius 1 is 1.14 bits per heavy atom. The van der Waals surface area contributed by atoms with Crippen molar-refractivity contribution in [1.29, 1.82) is 0 Å². The summed E-state index contributed by atoms with van der Waals surface area (Å²) in [5, 5.41) is 4.89. The molecule has 0 spiro atoms. The van der Waals surface area contributed by atoms with Crippen molar-refractivity contribution in [2.75, 3.05) is 19.0 Å². The van der Waals surface area contributed by atoms with Gasteiger partial charge in [-0.25, -0.2) is 4.98 Å². The van der Waals surface area contributed by atoms with Crippen molar-refractivity contribution in [1.82, 2.24) is 4.98 Å². The number of hydrogen-bond acceptors (Lipinski definition) is 6. The number of allylic oxidation sites excluding steroid dienone is 1. The van der Waals surface area contributed by atoms with Crippen LogP contribution in [0.4, 0.5) is 5.69 Å². The number of hydrogen-bond donors (Lipinski definition) is 1. The minimum absolute atomic E-state index is 0.219. The van der Waals surface area contributed by atoms with Gasteiger partial charge >= 0.3 is 0 Å². The SMILES string of the molecule is CCOc1cc2occ(-c3ccc(OC)cc3)c2cc1/C(C)=C/C(=O)Nc1ccc2sc(C)nc2c1. The molecule has 0 bridgehead atoms. The number of nitrogens with zero attached hydrogens (tertiary/aromatic N) is 1. The number of fused-ring (bicyclic) bond motifs is 2. The molecule has 0 saturated heterocycles. The van der Waals surface area contributed by atoms with Crippen LogP contribution < -0.4 is 14.8 Å². The molecule has 1 amide bonds. The van der Waals surface area contributed by atoms with Gasteiger partial charge in [-0.3, -0.25) is 4.79 Å². The molecule has 0 aliphatic carbocycles. The molecule has 0 unspecified atom stereocenters. The standard InChI is InChI=1S/C29H26N2O4S/c1-5-34-26-15-27-23(24(16-35-27)19-6-9-21(33-4)10-7-19)14-22(26)17(2)12-29(32)31-20-8-11-28-25(13-20)30-18(3)36-28/h6-16H,5H2,1-4H3,(H,31,32)/b17-12+. The van der Waals surface area contributed by atoms with Crippen LogP contribution in [-0.2, 0) is 4.79 Å². The average Bonchev–Trinajstić information content (AvgIpc) is 3.45. The Hall–Kier alpha value is -4.10. The summed E-state index contributed by atoms with van der Waals surface area (Å²) in [5.74, 6) is 1.24. The van der Waals surface area contributed by atoms with Gasteiger partial charge in [-0.1, -0.05) is 12.1 Å². The highest BCUT2D eigenvalue weighted by molar-refractivity contribution is 7.18. The zero-order chi connectivity index (χ0) is 25.2. The van der Waals surface area contributed by atoms with Gasteiger partial charge in [-0.15, -0.1) is 11.3 Å². The van der Waals surface area contributed by atoms with Crippen LogP contribution in [0, 0.1) is 6.92 Å². The van der Waals surface area contributed by atoms with Gasteiger partial charge in [-0.05, 0) is 68.3 Å². The van der Waals surface area contributed by atoms with Crippen molar-refractivity contribution in [2.45, 2.75) is 20.8 Å². The van der Waals surface area contributed by atoms with Crippen molar-refractivity contribution in [2.24, 2.45) is 0 Å². The molecule has 0 radical (unpaired) electrons. The molecule has 5 rings (SSSR count). The van der Waals surface area contributed by atoms with E-state index in [1.807, 2.05) is 75.4 Å². The fourth-order valence-corrected chi connectivity index (χ4v) is 5.01. The Morgan fingerprint density at radius 3 is 2.69 bits per heavy atom. The minimum atomic E-state index is -0.219. The quantitative estimate of drug-likeness (QED) is 0.236. The maximum atomic E-state index is 12.9. The molecule has 0 atom stereocenters. The summed E-state index contributed by atoms with van der Waals surface area (Å²) in [6.45, 7) is 6.31. The average molecular weight is 499 g/mol. The number of aryl methyl sites for hydroxylation is 1. The highest BCUT2D eigenvalue weighted by Gasteiger charge is 2.16. The van der Waals surface area contributed by atoms with Crippen molar-refractivity contribution in [3.63, 3.8) is 0 Å². The molecular weight excluding hydrogens is 472 g/mol. The second-order valence-corrected chi connectivity index (χ2v) is 9.62. The lowest BCUT2D eigenvalue weighted by atomic mass is 9.99. The summed E-state index contributed by atoms with van der Waals surface area (Å²) in [7, 11) is 1.65. The molecule has 5 aromatic rings. The highest BCUT2D eigenvalue weighted by Crippen LogP contribution is 2.38. The number of anilines is 1. The van der Waals surface area contributed by atoms with Crippen LogP contribution in [-0.4, -0.2) is 24.6 Å². The van der Waals surface area contributed by atoms with Crippen molar-refractivity contribution >= 4 is 49.7 Å².